The fraction of sp³-hybridized carbons (Fsp3) is 0.308. The number of para-hydroxylation sites is 1. The quantitative estimate of drug-likeness (QED) is 0.669. The molecule has 0 aliphatic carbocycles. The zero-order chi connectivity index (χ0) is 20.1. The van der Waals surface area contributed by atoms with Crippen molar-refractivity contribution in [1.29, 1.82) is 0 Å². The lowest BCUT2D eigenvalue weighted by atomic mass is 9.74. The maximum atomic E-state index is 6.71. The molecule has 150 valence electrons. The fourth-order valence-corrected chi connectivity index (χ4v) is 4.65. The predicted molar refractivity (Wildman–Crippen MR) is 119 cm³/mol. The van der Waals surface area contributed by atoms with Gasteiger partial charge in [-0.15, -0.1) is 0 Å². The van der Waals surface area contributed by atoms with Crippen molar-refractivity contribution >= 4 is 0 Å². The third kappa shape index (κ3) is 4.52. The SMILES string of the molecule is COc1ccccc1CN1CCC(N)C(C(c2ccccc2)c2ccccc2)C1. The lowest BCUT2D eigenvalue weighted by Crippen LogP contribution is -2.49. The zero-order valence-electron chi connectivity index (χ0n) is 17.1. The summed E-state index contributed by atoms with van der Waals surface area (Å²) in [5, 5.41) is 0. The summed E-state index contributed by atoms with van der Waals surface area (Å²) in [7, 11) is 1.74. The maximum absolute atomic E-state index is 6.71. The second-order valence-electron chi connectivity index (χ2n) is 7.96. The minimum atomic E-state index is 0.189. The summed E-state index contributed by atoms with van der Waals surface area (Å²) in [6.45, 7) is 2.89. The number of nitrogens with two attached hydrogens (primary N) is 1. The largest absolute Gasteiger partial charge is 0.496 e. The number of rotatable bonds is 6. The van der Waals surface area contributed by atoms with Crippen molar-refractivity contribution in [1.82, 2.24) is 4.90 Å². The van der Waals surface area contributed by atoms with Gasteiger partial charge < -0.3 is 10.5 Å². The van der Waals surface area contributed by atoms with E-state index in [4.69, 9.17) is 10.5 Å². The van der Waals surface area contributed by atoms with Gasteiger partial charge in [0.25, 0.3) is 0 Å². The molecule has 4 rings (SSSR count). The van der Waals surface area contributed by atoms with Gasteiger partial charge in [-0.3, -0.25) is 4.90 Å². The Morgan fingerprint density at radius 2 is 1.48 bits per heavy atom. The van der Waals surface area contributed by atoms with Crippen LogP contribution in [-0.2, 0) is 6.54 Å². The first-order chi connectivity index (χ1) is 14.3. The highest BCUT2D eigenvalue weighted by Gasteiger charge is 2.34. The van der Waals surface area contributed by atoms with Gasteiger partial charge >= 0.3 is 0 Å². The highest BCUT2D eigenvalue weighted by Crippen LogP contribution is 2.37. The summed E-state index contributed by atoms with van der Waals surface area (Å²) in [5.74, 6) is 1.62. The van der Waals surface area contributed by atoms with Crippen LogP contribution in [0.2, 0.25) is 0 Å². The van der Waals surface area contributed by atoms with E-state index in [0.29, 0.717) is 11.8 Å². The zero-order valence-corrected chi connectivity index (χ0v) is 17.1. The van der Waals surface area contributed by atoms with E-state index in [2.05, 4.69) is 77.7 Å². The summed E-state index contributed by atoms with van der Waals surface area (Å²) in [6, 6.07) is 30.2. The van der Waals surface area contributed by atoms with Crippen molar-refractivity contribution in [3.63, 3.8) is 0 Å². The molecule has 1 aliphatic heterocycles. The Hall–Kier alpha value is -2.62. The summed E-state index contributed by atoms with van der Waals surface area (Å²) in [6.07, 6.45) is 1.01. The van der Waals surface area contributed by atoms with Gasteiger partial charge in [0.1, 0.15) is 5.75 Å². The minimum absolute atomic E-state index is 0.189. The molecular formula is C26H30N2O. The molecule has 3 aromatic rings. The van der Waals surface area contributed by atoms with Crippen LogP contribution in [0.25, 0.3) is 0 Å². The van der Waals surface area contributed by atoms with Gasteiger partial charge in [0.05, 0.1) is 7.11 Å². The third-order valence-corrected chi connectivity index (χ3v) is 6.13. The van der Waals surface area contributed by atoms with Gasteiger partial charge in [0.15, 0.2) is 0 Å². The predicted octanol–water partition coefficient (Wildman–Crippen LogP) is 4.68. The molecule has 1 heterocycles. The van der Waals surface area contributed by atoms with E-state index in [-0.39, 0.29) is 6.04 Å². The summed E-state index contributed by atoms with van der Waals surface area (Å²) < 4.78 is 5.57. The number of methoxy groups -OCH3 is 1. The number of hydrogen-bond acceptors (Lipinski definition) is 3. The molecule has 2 atom stereocenters. The molecule has 3 aromatic carbocycles. The Kier molecular flexibility index (Phi) is 6.28. The van der Waals surface area contributed by atoms with Crippen molar-refractivity contribution < 1.29 is 4.74 Å². The number of nitrogens with zero attached hydrogens (tertiary/aromatic N) is 1. The van der Waals surface area contributed by atoms with Crippen LogP contribution in [0.4, 0.5) is 0 Å². The first-order valence-electron chi connectivity index (χ1n) is 10.5. The number of hydrogen-bond donors (Lipinski definition) is 1. The van der Waals surface area contributed by atoms with E-state index < -0.39 is 0 Å². The number of likely N-dealkylation sites (tertiary alicyclic amines) is 1. The molecule has 3 nitrogen and oxygen atoms in total. The molecule has 0 aromatic heterocycles. The fourth-order valence-electron chi connectivity index (χ4n) is 4.65. The molecule has 0 saturated carbocycles. The molecule has 0 bridgehead atoms. The Balaban J connectivity index is 1.62. The molecule has 29 heavy (non-hydrogen) atoms. The standard InChI is InChI=1S/C26H30N2O/c1-29-25-15-9-8-14-22(25)18-28-17-16-24(27)23(19-28)26(20-10-4-2-5-11-20)21-12-6-3-7-13-21/h2-15,23-24,26H,16-19,27H2,1H3. The lowest BCUT2D eigenvalue weighted by Gasteiger charge is -2.41. The minimum Gasteiger partial charge on any atom is -0.496 e. The summed E-state index contributed by atoms with van der Waals surface area (Å²) in [4.78, 5) is 2.53. The molecule has 1 aliphatic rings. The molecule has 3 heteroatoms. The van der Waals surface area contributed by atoms with E-state index in [9.17, 15) is 0 Å². The van der Waals surface area contributed by atoms with E-state index in [1.165, 1.54) is 16.7 Å². The molecule has 0 radical (unpaired) electrons. The number of ether oxygens (including phenoxy) is 1. The molecule has 2 unspecified atom stereocenters. The van der Waals surface area contributed by atoms with Crippen LogP contribution >= 0.6 is 0 Å². The molecular weight excluding hydrogens is 356 g/mol. The topological polar surface area (TPSA) is 38.5 Å². The van der Waals surface area contributed by atoms with Gasteiger partial charge in [-0.2, -0.15) is 0 Å². The average Bonchev–Trinajstić information content (AvgIpc) is 2.78. The van der Waals surface area contributed by atoms with Gasteiger partial charge in [0, 0.05) is 30.6 Å². The maximum Gasteiger partial charge on any atom is 0.123 e. The van der Waals surface area contributed by atoms with E-state index in [1.54, 1.807) is 7.11 Å². The molecule has 1 fully saturated rings. The monoisotopic (exact) mass is 386 g/mol. The smallest absolute Gasteiger partial charge is 0.123 e. The Morgan fingerprint density at radius 1 is 0.897 bits per heavy atom. The Bertz CT molecular complexity index is 857. The van der Waals surface area contributed by atoms with E-state index >= 15 is 0 Å². The summed E-state index contributed by atoms with van der Waals surface area (Å²) in [5.41, 5.74) is 10.6. The summed E-state index contributed by atoms with van der Waals surface area (Å²) >= 11 is 0. The first-order valence-corrected chi connectivity index (χ1v) is 10.5. The Morgan fingerprint density at radius 3 is 2.10 bits per heavy atom. The van der Waals surface area contributed by atoms with Gasteiger partial charge in [-0.05, 0) is 36.1 Å². The molecule has 2 N–H and O–H groups in total. The van der Waals surface area contributed by atoms with Crippen LogP contribution in [0.1, 0.15) is 29.0 Å². The van der Waals surface area contributed by atoms with Crippen LogP contribution in [0.15, 0.2) is 84.9 Å². The van der Waals surface area contributed by atoms with Crippen molar-refractivity contribution in [3.05, 3.63) is 102 Å². The van der Waals surface area contributed by atoms with Gasteiger partial charge in [0.2, 0.25) is 0 Å². The highest BCUT2D eigenvalue weighted by atomic mass is 16.5. The first kappa shape index (κ1) is 19.7. The van der Waals surface area contributed by atoms with Crippen molar-refractivity contribution in [2.45, 2.75) is 24.9 Å². The van der Waals surface area contributed by atoms with Crippen LogP contribution in [0.5, 0.6) is 5.75 Å². The van der Waals surface area contributed by atoms with E-state index in [1.807, 2.05) is 12.1 Å². The second-order valence-corrected chi connectivity index (χ2v) is 7.96. The van der Waals surface area contributed by atoms with E-state index in [0.717, 1.165) is 31.8 Å². The number of piperidine rings is 1. The van der Waals surface area contributed by atoms with Crippen molar-refractivity contribution in [3.8, 4) is 5.75 Å². The van der Waals surface area contributed by atoms with Crippen molar-refractivity contribution in [2.75, 3.05) is 20.2 Å². The van der Waals surface area contributed by atoms with Gasteiger partial charge in [-0.1, -0.05) is 78.9 Å². The molecule has 1 saturated heterocycles. The Labute approximate surface area is 174 Å². The normalized spacial score (nSPS) is 20.0. The second kappa shape index (κ2) is 9.25. The third-order valence-electron chi connectivity index (χ3n) is 6.13. The highest BCUT2D eigenvalue weighted by molar-refractivity contribution is 5.35. The van der Waals surface area contributed by atoms with Crippen LogP contribution in [-0.4, -0.2) is 31.1 Å². The van der Waals surface area contributed by atoms with Crippen LogP contribution in [0, 0.1) is 5.92 Å². The van der Waals surface area contributed by atoms with Gasteiger partial charge in [-0.25, -0.2) is 0 Å². The molecule has 0 spiro atoms. The molecule has 0 amide bonds. The van der Waals surface area contributed by atoms with Crippen LogP contribution in [0.3, 0.4) is 0 Å². The lowest BCUT2D eigenvalue weighted by molar-refractivity contribution is 0.137. The average molecular weight is 387 g/mol. The number of benzene rings is 3. The van der Waals surface area contributed by atoms with Crippen molar-refractivity contribution in [2.24, 2.45) is 11.7 Å². The van der Waals surface area contributed by atoms with Crippen LogP contribution < -0.4 is 10.5 Å².